The lowest BCUT2D eigenvalue weighted by Crippen LogP contribution is -2.48. The Morgan fingerprint density at radius 2 is 1.94 bits per heavy atom. The van der Waals surface area contributed by atoms with Gasteiger partial charge in [-0.05, 0) is 61.0 Å². The number of hydrogen-bond donors (Lipinski definition) is 1. The summed E-state index contributed by atoms with van der Waals surface area (Å²) in [5.74, 6) is -0.433. The molecule has 6 nitrogen and oxygen atoms in total. The Hall–Kier alpha value is -3.39. The zero-order valence-electron chi connectivity index (χ0n) is 20.0. The monoisotopic (exact) mass is 495 g/mol. The largest absolute Gasteiger partial charge is 0.488 e. The molecule has 0 saturated carbocycles. The molecule has 0 spiro atoms. The molecule has 2 heterocycles. The van der Waals surface area contributed by atoms with E-state index in [-0.39, 0.29) is 36.9 Å². The van der Waals surface area contributed by atoms with E-state index in [1.807, 2.05) is 49.6 Å². The molecule has 0 unspecified atom stereocenters. The van der Waals surface area contributed by atoms with Crippen molar-refractivity contribution in [3.05, 3.63) is 81.8 Å². The van der Waals surface area contributed by atoms with Crippen LogP contribution in [0, 0.1) is 12.7 Å². The topological polar surface area (TPSA) is 61.9 Å². The van der Waals surface area contributed by atoms with Crippen LogP contribution in [0.3, 0.4) is 0 Å². The van der Waals surface area contributed by atoms with Crippen molar-refractivity contribution < 1.29 is 18.7 Å². The van der Waals surface area contributed by atoms with Gasteiger partial charge in [0, 0.05) is 23.7 Å². The van der Waals surface area contributed by atoms with Crippen molar-refractivity contribution in [2.75, 3.05) is 31.6 Å². The van der Waals surface area contributed by atoms with Crippen LogP contribution < -0.4 is 10.1 Å². The number of rotatable bonds is 8. The summed E-state index contributed by atoms with van der Waals surface area (Å²) in [6.07, 6.45) is 1.47. The molecule has 35 heavy (non-hydrogen) atoms. The van der Waals surface area contributed by atoms with Gasteiger partial charge in [0.1, 0.15) is 13.2 Å². The summed E-state index contributed by atoms with van der Waals surface area (Å²) in [6, 6.07) is 15.2. The first-order valence-corrected chi connectivity index (χ1v) is 12.7. The minimum atomic E-state index is -0.436. The average molecular weight is 496 g/mol. The maximum Gasteiger partial charge on any atom is 0.322 e. The van der Waals surface area contributed by atoms with Gasteiger partial charge >= 0.3 is 6.03 Å². The SMILES string of the molecule is CCCN(CC(=O)N1CCc2sccc2[C@H]1COc1ccccc1F)C(=O)Nc1ccc(C)cc1. The van der Waals surface area contributed by atoms with Gasteiger partial charge in [-0.1, -0.05) is 36.8 Å². The van der Waals surface area contributed by atoms with Gasteiger partial charge in [0.05, 0.1) is 6.04 Å². The van der Waals surface area contributed by atoms with Crippen LogP contribution in [0.4, 0.5) is 14.9 Å². The molecule has 1 aliphatic rings. The molecule has 1 aromatic heterocycles. The fraction of sp³-hybridized carbons (Fsp3) is 0.333. The summed E-state index contributed by atoms with van der Waals surface area (Å²) in [5.41, 5.74) is 2.81. The molecule has 1 aliphatic heterocycles. The highest BCUT2D eigenvalue weighted by molar-refractivity contribution is 7.10. The van der Waals surface area contributed by atoms with Crippen molar-refractivity contribution in [1.82, 2.24) is 9.80 Å². The third-order valence-corrected chi connectivity index (χ3v) is 7.05. The predicted octanol–water partition coefficient (Wildman–Crippen LogP) is 5.64. The van der Waals surface area contributed by atoms with Gasteiger partial charge in [-0.25, -0.2) is 9.18 Å². The summed E-state index contributed by atoms with van der Waals surface area (Å²) < 4.78 is 19.9. The van der Waals surface area contributed by atoms with Crippen LogP contribution >= 0.6 is 11.3 Å². The fourth-order valence-corrected chi connectivity index (χ4v) is 5.15. The number of carbonyl (C=O) groups excluding carboxylic acids is 2. The molecule has 184 valence electrons. The Morgan fingerprint density at radius 1 is 1.17 bits per heavy atom. The number of urea groups is 1. The summed E-state index contributed by atoms with van der Waals surface area (Å²) in [6.45, 7) is 5.03. The van der Waals surface area contributed by atoms with E-state index in [1.165, 1.54) is 10.9 Å². The molecule has 3 amide bonds. The zero-order chi connectivity index (χ0) is 24.8. The minimum absolute atomic E-state index is 0.0405. The molecule has 0 fully saturated rings. The van der Waals surface area contributed by atoms with Crippen molar-refractivity contribution in [1.29, 1.82) is 0 Å². The van der Waals surface area contributed by atoms with Crippen LogP contribution in [-0.4, -0.2) is 48.0 Å². The Kier molecular flexibility index (Phi) is 8.02. The molecule has 0 radical (unpaired) electrons. The Labute approximate surface area is 209 Å². The van der Waals surface area contributed by atoms with E-state index in [9.17, 15) is 14.0 Å². The van der Waals surface area contributed by atoms with Gasteiger partial charge in [0.2, 0.25) is 5.91 Å². The second-order valence-corrected chi connectivity index (χ2v) is 9.61. The van der Waals surface area contributed by atoms with E-state index in [0.29, 0.717) is 18.8 Å². The number of amides is 3. The Morgan fingerprint density at radius 3 is 2.69 bits per heavy atom. The molecule has 3 aromatic rings. The summed E-state index contributed by atoms with van der Waals surface area (Å²) >= 11 is 1.65. The highest BCUT2D eigenvalue weighted by Crippen LogP contribution is 2.34. The lowest BCUT2D eigenvalue weighted by atomic mass is 10.0. The first kappa shape index (κ1) is 24.7. The van der Waals surface area contributed by atoms with Gasteiger partial charge in [-0.15, -0.1) is 11.3 Å². The number of fused-ring (bicyclic) bond motifs is 1. The van der Waals surface area contributed by atoms with E-state index in [1.54, 1.807) is 39.3 Å². The quantitative estimate of drug-likeness (QED) is 0.440. The van der Waals surface area contributed by atoms with Crippen LogP contribution in [-0.2, 0) is 11.2 Å². The Balaban J connectivity index is 1.48. The van der Waals surface area contributed by atoms with Crippen LogP contribution in [0.2, 0.25) is 0 Å². The van der Waals surface area contributed by atoms with Crippen molar-refractivity contribution in [2.24, 2.45) is 0 Å². The van der Waals surface area contributed by atoms with Gasteiger partial charge in [-0.2, -0.15) is 0 Å². The number of para-hydroxylation sites is 1. The van der Waals surface area contributed by atoms with Gasteiger partial charge < -0.3 is 19.9 Å². The summed E-state index contributed by atoms with van der Waals surface area (Å²) in [7, 11) is 0. The highest BCUT2D eigenvalue weighted by atomic mass is 32.1. The third-order valence-electron chi connectivity index (χ3n) is 6.06. The maximum atomic E-state index is 14.1. The van der Waals surface area contributed by atoms with E-state index < -0.39 is 5.82 Å². The molecular formula is C27H30FN3O3S. The number of benzene rings is 2. The summed E-state index contributed by atoms with van der Waals surface area (Å²) in [5, 5.41) is 4.90. The lowest BCUT2D eigenvalue weighted by Gasteiger charge is -2.37. The van der Waals surface area contributed by atoms with Crippen LogP contribution in [0.5, 0.6) is 5.75 Å². The van der Waals surface area contributed by atoms with Gasteiger partial charge in [-0.3, -0.25) is 4.79 Å². The number of hydrogen-bond acceptors (Lipinski definition) is 4. The number of aryl methyl sites for hydroxylation is 1. The van der Waals surface area contributed by atoms with Crippen LogP contribution in [0.1, 0.15) is 35.4 Å². The predicted molar refractivity (Wildman–Crippen MR) is 136 cm³/mol. The van der Waals surface area contributed by atoms with E-state index in [2.05, 4.69) is 5.32 Å². The lowest BCUT2D eigenvalue weighted by molar-refractivity contribution is -0.135. The molecule has 0 bridgehead atoms. The van der Waals surface area contributed by atoms with Crippen LogP contribution in [0.25, 0.3) is 0 Å². The molecular weight excluding hydrogens is 465 g/mol. The van der Waals surface area contributed by atoms with Crippen molar-refractivity contribution >= 4 is 29.0 Å². The standard InChI is InChI=1S/C27H30FN3O3S/c1-3-14-30(27(33)29-20-10-8-19(2)9-11-20)17-26(32)31-15-12-25-21(13-16-35-25)23(31)18-34-24-7-5-4-6-22(24)28/h4-11,13,16,23H,3,12,14-15,17-18H2,1-2H3,(H,29,33)/t23-/m1/s1. The minimum Gasteiger partial charge on any atom is -0.488 e. The van der Waals surface area contributed by atoms with Gasteiger partial charge in [0.25, 0.3) is 0 Å². The molecule has 2 aromatic carbocycles. The maximum absolute atomic E-state index is 14.1. The van der Waals surface area contributed by atoms with Gasteiger partial charge in [0.15, 0.2) is 11.6 Å². The van der Waals surface area contributed by atoms with Crippen molar-refractivity contribution in [2.45, 2.75) is 32.7 Å². The molecule has 4 rings (SSSR count). The second-order valence-electron chi connectivity index (χ2n) is 8.61. The first-order valence-electron chi connectivity index (χ1n) is 11.8. The average Bonchev–Trinajstić information content (AvgIpc) is 3.33. The van der Waals surface area contributed by atoms with Crippen molar-refractivity contribution in [3.63, 3.8) is 0 Å². The molecule has 0 aliphatic carbocycles. The number of carbonyl (C=O) groups is 2. The third kappa shape index (κ3) is 6.00. The summed E-state index contributed by atoms with van der Waals surface area (Å²) in [4.78, 5) is 31.0. The number of ether oxygens (including phenoxy) is 1. The van der Waals surface area contributed by atoms with Crippen molar-refractivity contribution in [3.8, 4) is 5.75 Å². The second kappa shape index (κ2) is 11.4. The highest BCUT2D eigenvalue weighted by Gasteiger charge is 2.33. The number of thiophene rings is 1. The van der Waals surface area contributed by atoms with E-state index in [0.717, 1.165) is 24.0 Å². The zero-order valence-corrected chi connectivity index (χ0v) is 20.8. The Bertz CT molecular complexity index is 1160. The number of nitrogens with zero attached hydrogens (tertiary/aromatic N) is 2. The smallest absolute Gasteiger partial charge is 0.322 e. The van der Waals surface area contributed by atoms with E-state index in [4.69, 9.17) is 4.74 Å². The molecule has 8 heteroatoms. The number of nitrogens with one attached hydrogen (secondary N) is 1. The number of halogens is 1. The number of anilines is 1. The van der Waals surface area contributed by atoms with E-state index >= 15 is 0 Å². The molecule has 0 saturated heterocycles. The van der Waals surface area contributed by atoms with Crippen LogP contribution in [0.15, 0.2) is 60.0 Å². The fourth-order valence-electron chi connectivity index (χ4n) is 4.22. The molecule has 1 N–H and O–H groups in total. The first-order chi connectivity index (χ1) is 17.0. The molecule has 1 atom stereocenters. The normalized spacial score (nSPS) is 14.8.